The van der Waals surface area contributed by atoms with Crippen LogP contribution >= 0.6 is 0 Å². The molecule has 0 N–H and O–H groups in total. The summed E-state index contributed by atoms with van der Waals surface area (Å²) in [5, 5.41) is 0. The van der Waals surface area contributed by atoms with Gasteiger partial charge in [0.15, 0.2) is 0 Å². The lowest BCUT2D eigenvalue weighted by atomic mass is 9.98. The molecular weight excluding hydrogens is 457 g/mol. The molecule has 0 saturated carbocycles. The molecule has 1 unspecified atom stereocenters. The molecule has 0 aliphatic carbocycles. The van der Waals surface area contributed by atoms with Gasteiger partial charge in [-0.3, -0.25) is 9.80 Å². The zero-order chi connectivity index (χ0) is 25.2. The summed E-state index contributed by atoms with van der Waals surface area (Å²) in [6.07, 6.45) is 0.414. The van der Waals surface area contributed by atoms with Crippen molar-refractivity contribution in [1.82, 2.24) is 14.7 Å². The molecule has 0 bridgehead atoms. The van der Waals surface area contributed by atoms with Gasteiger partial charge in [0.25, 0.3) is 0 Å². The smallest absolute Gasteiger partial charge is 0.406 e. The second kappa shape index (κ2) is 10.3. The van der Waals surface area contributed by atoms with E-state index in [1.54, 1.807) is 12.1 Å². The Labute approximate surface area is 204 Å². The second-order valence-corrected chi connectivity index (χ2v) is 8.96. The highest BCUT2D eigenvalue weighted by Gasteiger charge is 2.33. The molecule has 2 aromatic rings. The van der Waals surface area contributed by atoms with Crippen molar-refractivity contribution < 1.29 is 22.7 Å². The maximum atomic E-state index is 12.4. The van der Waals surface area contributed by atoms with Crippen molar-refractivity contribution >= 4 is 12.0 Å². The number of carbonyl (C=O) groups excluding carboxylic acids is 1. The van der Waals surface area contributed by atoms with Crippen molar-refractivity contribution in [3.63, 3.8) is 0 Å². The highest BCUT2D eigenvalue weighted by Crippen LogP contribution is 2.39. The number of anilines is 1. The van der Waals surface area contributed by atoms with Crippen LogP contribution in [0.1, 0.15) is 42.1 Å². The second-order valence-electron chi connectivity index (χ2n) is 8.96. The average Bonchev–Trinajstić information content (AvgIpc) is 3.42. The number of alkyl halides is 3. The first-order valence-corrected chi connectivity index (χ1v) is 11.8. The molecule has 9 heteroatoms. The van der Waals surface area contributed by atoms with Gasteiger partial charge in [-0.05, 0) is 66.5 Å². The molecule has 6 nitrogen and oxygen atoms in total. The molecule has 2 aliphatic rings. The van der Waals surface area contributed by atoms with Gasteiger partial charge in [-0.25, -0.2) is 0 Å². The van der Waals surface area contributed by atoms with Crippen LogP contribution in [0.2, 0.25) is 0 Å². The Hall–Kier alpha value is -3.04. The summed E-state index contributed by atoms with van der Waals surface area (Å²) in [4.78, 5) is 20.9. The van der Waals surface area contributed by atoms with Crippen molar-refractivity contribution in [1.29, 1.82) is 0 Å². The van der Waals surface area contributed by atoms with Gasteiger partial charge in [-0.15, -0.1) is 13.2 Å². The van der Waals surface area contributed by atoms with E-state index in [0.717, 1.165) is 60.7 Å². The van der Waals surface area contributed by atoms with Gasteiger partial charge in [0, 0.05) is 31.2 Å². The Kier molecular flexibility index (Phi) is 7.37. The molecule has 0 radical (unpaired) electrons. The van der Waals surface area contributed by atoms with Gasteiger partial charge in [-0.2, -0.15) is 0 Å². The fourth-order valence-corrected chi connectivity index (χ4v) is 4.81. The summed E-state index contributed by atoms with van der Waals surface area (Å²) >= 11 is 0. The predicted octanol–water partition coefficient (Wildman–Crippen LogP) is 5.00. The SMILES string of the molecule is CCN(CC)CN1C=CN(c2cc(C)c3c(c2)CN(Cc2ccc(OC(F)(F)F)cc2)C3C=O)C1. The number of halogens is 3. The van der Waals surface area contributed by atoms with Crippen LogP contribution in [0.25, 0.3) is 0 Å². The van der Waals surface area contributed by atoms with E-state index in [-0.39, 0.29) is 5.75 Å². The largest absolute Gasteiger partial charge is 0.573 e. The summed E-state index contributed by atoms with van der Waals surface area (Å²) < 4.78 is 41.2. The molecule has 0 amide bonds. The minimum Gasteiger partial charge on any atom is -0.406 e. The van der Waals surface area contributed by atoms with Crippen LogP contribution in [-0.4, -0.2) is 53.8 Å². The van der Waals surface area contributed by atoms with Crippen LogP contribution in [0.3, 0.4) is 0 Å². The van der Waals surface area contributed by atoms with Crippen LogP contribution < -0.4 is 9.64 Å². The zero-order valence-electron chi connectivity index (χ0n) is 20.3. The number of rotatable bonds is 9. The van der Waals surface area contributed by atoms with Gasteiger partial charge >= 0.3 is 6.36 Å². The number of aldehydes is 1. The average molecular weight is 489 g/mol. The van der Waals surface area contributed by atoms with Crippen molar-refractivity contribution in [2.24, 2.45) is 0 Å². The number of hydrogen-bond acceptors (Lipinski definition) is 6. The van der Waals surface area contributed by atoms with E-state index < -0.39 is 12.4 Å². The van der Waals surface area contributed by atoms with Crippen molar-refractivity contribution in [3.05, 3.63) is 71.1 Å². The lowest BCUT2D eigenvalue weighted by molar-refractivity contribution is -0.274. The first kappa shape index (κ1) is 25.1. The Balaban J connectivity index is 1.46. The molecular formula is C26H31F3N4O2. The summed E-state index contributed by atoms with van der Waals surface area (Å²) in [6, 6.07) is 9.67. The quantitative estimate of drug-likeness (QED) is 0.463. The predicted molar refractivity (Wildman–Crippen MR) is 128 cm³/mol. The van der Waals surface area contributed by atoms with Crippen LogP contribution in [0, 0.1) is 6.92 Å². The number of aryl methyl sites for hydroxylation is 1. The molecule has 4 rings (SSSR count). The Morgan fingerprint density at radius 2 is 1.83 bits per heavy atom. The van der Waals surface area contributed by atoms with E-state index in [4.69, 9.17) is 0 Å². The summed E-state index contributed by atoms with van der Waals surface area (Å²) in [5.41, 5.74) is 5.07. The summed E-state index contributed by atoms with van der Waals surface area (Å²) in [6.45, 7) is 11.0. The number of nitrogens with zero attached hydrogens (tertiary/aromatic N) is 4. The molecule has 0 saturated heterocycles. The van der Waals surface area contributed by atoms with Crippen LogP contribution in [0.5, 0.6) is 5.75 Å². The van der Waals surface area contributed by atoms with E-state index in [1.807, 2.05) is 11.8 Å². The molecule has 2 aromatic carbocycles. The number of hydrogen-bond donors (Lipinski definition) is 0. The Bertz CT molecular complexity index is 1070. The van der Waals surface area contributed by atoms with E-state index in [1.165, 1.54) is 12.1 Å². The zero-order valence-corrected chi connectivity index (χ0v) is 20.3. The molecule has 0 fully saturated rings. The molecule has 0 spiro atoms. The van der Waals surface area contributed by atoms with Crippen molar-refractivity contribution in [2.45, 2.75) is 46.3 Å². The fraction of sp³-hybridized carbons (Fsp3) is 0.423. The van der Waals surface area contributed by atoms with Gasteiger partial charge in [0.1, 0.15) is 12.0 Å². The fourth-order valence-electron chi connectivity index (χ4n) is 4.81. The van der Waals surface area contributed by atoms with Gasteiger partial charge in [-0.1, -0.05) is 26.0 Å². The number of ether oxygens (including phenoxy) is 1. The molecule has 2 heterocycles. The first-order chi connectivity index (χ1) is 16.7. The molecule has 35 heavy (non-hydrogen) atoms. The van der Waals surface area contributed by atoms with Crippen molar-refractivity contribution in [2.75, 3.05) is 31.3 Å². The number of fused-ring (bicyclic) bond motifs is 1. The lowest BCUT2D eigenvalue weighted by Gasteiger charge is -2.27. The molecule has 2 aliphatic heterocycles. The number of benzene rings is 2. The lowest BCUT2D eigenvalue weighted by Crippen LogP contribution is -2.36. The van der Waals surface area contributed by atoms with E-state index in [0.29, 0.717) is 13.1 Å². The summed E-state index contributed by atoms with van der Waals surface area (Å²) in [7, 11) is 0. The van der Waals surface area contributed by atoms with Gasteiger partial charge < -0.3 is 19.3 Å². The maximum Gasteiger partial charge on any atom is 0.573 e. The van der Waals surface area contributed by atoms with Gasteiger partial charge in [0.05, 0.1) is 19.4 Å². The Morgan fingerprint density at radius 1 is 1.11 bits per heavy atom. The van der Waals surface area contributed by atoms with Crippen LogP contribution in [0.4, 0.5) is 18.9 Å². The third kappa shape index (κ3) is 5.79. The van der Waals surface area contributed by atoms with E-state index in [9.17, 15) is 18.0 Å². The van der Waals surface area contributed by atoms with Crippen molar-refractivity contribution in [3.8, 4) is 5.75 Å². The normalized spacial score (nSPS) is 18.0. The summed E-state index contributed by atoms with van der Waals surface area (Å²) in [5.74, 6) is -0.257. The molecule has 1 atom stereocenters. The highest BCUT2D eigenvalue weighted by atomic mass is 19.4. The third-order valence-electron chi connectivity index (χ3n) is 6.59. The third-order valence-corrected chi connectivity index (χ3v) is 6.59. The van der Waals surface area contributed by atoms with E-state index in [2.05, 4.69) is 57.8 Å². The van der Waals surface area contributed by atoms with Gasteiger partial charge in [0.2, 0.25) is 0 Å². The molecule has 188 valence electrons. The Morgan fingerprint density at radius 3 is 2.46 bits per heavy atom. The number of carbonyl (C=O) groups is 1. The molecule has 0 aromatic heterocycles. The minimum atomic E-state index is -4.72. The highest BCUT2D eigenvalue weighted by molar-refractivity contribution is 5.69. The minimum absolute atomic E-state index is 0.257. The maximum absolute atomic E-state index is 12.4. The standard InChI is InChI=1S/C26H31F3N4O2/c1-4-30(5-2)17-31-10-11-32(18-31)22-12-19(3)25-21(13-22)15-33(24(25)16-34)14-20-6-8-23(9-7-20)35-26(27,28)29/h6-13,16,24H,4-5,14-15,17-18H2,1-3H3. The monoisotopic (exact) mass is 488 g/mol. The topological polar surface area (TPSA) is 39.3 Å². The van der Waals surface area contributed by atoms with E-state index >= 15 is 0 Å². The van der Waals surface area contributed by atoms with Crippen LogP contribution in [0.15, 0.2) is 48.8 Å². The van der Waals surface area contributed by atoms with Crippen LogP contribution in [-0.2, 0) is 17.9 Å². The first-order valence-electron chi connectivity index (χ1n) is 11.8.